The summed E-state index contributed by atoms with van der Waals surface area (Å²) in [7, 11) is 0. The van der Waals surface area contributed by atoms with Gasteiger partial charge in [-0.25, -0.2) is 4.98 Å². The fourth-order valence-corrected chi connectivity index (χ4v) is 3.90. The summed E-state index contributed by atoms with van der Waals surface area (Å²) >= 11 is 1.54. The molecule has 0 radical (unpaired) electrons. The predicted octanol–water partition coefficient (Wildman–Crippen LogP) is 4.27. The molecule has 2 aromatic rings. The number of piperazine rings is 1. The number of rotatable bonds is 4. The summed E-state index contributed by atoms with van der Waals surface area (Å²) in [5.74, 6) is 0. The van der Waals surface area contributed by atoms with Crippen LogP contribution in [0.2, 0.25) is 0 Å². The van der Waals surface area contributed by atoms with E-state index in [1.54, 1.807) is 11.3 Å². The van der Waals surface area contributed by atoms with E-state index in [1.165, 1.54) is 12.1 Å². The number of nitrogens with zero attached hydrogens (tertiary/aromatic N) is 3. The normalized spacial score (nSPS) is 17.2. The molecule has 3 rings (SSSR count). The van der Waals surface area contributed by atoms with Crippen LogP contribution in [0.25, 0.3) is 10.6 Å². The van der Waals surface area contributed by atoms with E-state index in [-0.39, 0.29) is 0 Å². The summed E-state index contributed by atoms with van der Waals surface area (Å²) in [6.45, 7) is 10.3. The standard InChI is InChI=1S/C18H22F3N3S/c1-3-23-8-10-24(11-9-23)12-16-13(2)25-17(22-16)14-4-6-15(7-5-14)18(19,20)21/h4-7H,3,8-12H2,1-2H3. The molecule has 136 valence electrons. The average molecular weight is 369 g/mol. The average Bonchev–Trinajstić information content (AvgIpc) is 2.96. The number of hydrogen-bond acceptors (Lipinski definition) is 4. The molecule has 0 saturated carbocycles. The Bertz CT molecular complexity index is 701. The van der Waals surface area contributed by atoms with E-state index in [0.717, 1.165) is 72.5 Å². The van der Waals surface area contributed by atoms with Crippen molar-refractivity contribution >= 4 is 11.3 Å². The van der Waals surface area contributed by atoms with E-state index in [4.69, 9.17) is 0 Å². The molecular formula is C18H22F3N3S. The van der Waals surface area contributed by atoms with Gasteiger partial charge in [-0.15, -0.1) is 11.3 Å². The van der Waals surface area contributed by atoms with Crippen molar-refractivity contribution in [2.24, 2.45) is 0 Å². The van der Waals surface area contributed by atoms with Gasteiger partial charge in [-0.1, -0.05) is 19.1 Å². The largest absolute Gasteiger partial charge is 0.416 e. The first-order chi connectivity index (χ1) is 11.9. The molecule has 0 atom stereocenters. The molecule has 0 aliphatic carbocycles. The van der Waals surface area contributed by atoms with Crippen LogP contribution < -0.4 is 0 Å². The van der Waals surface area contributed by atoms with Crippen LogP contribution in [0.5, 0.6) is 0 Å². The van der Waals surface area contributed by atoms with Crippen LogP contribution >= 0.6 is 11.3 Å². The van der Waals surface area contributed by atoms with Crippen LogP contribution in [0.15, 0.2) is 24.3 Å². The second-order valence-corrected chi connectivity index (χ2v) is 7.51. The minimum atomic E-state index is -4.30. The fourth-order valence-electron chi connectivity index (χ4n) is 2.98. The first-order valence-electron chi connectivity index (χ1n) is 8.45. The molecule has 7 heteroatoms. The van der Waals surface area contributed by atoms with Gasteiger partial charge in [0.2, 0.25) is 0 Å². The highest BCUT2D eigenvalue weighted by molar-refractivity contribution is 7.15. The quantitative estimate of drug-likeness (QED) is 0.802. The lowest BCUT2D eigenvalue weighted by molar-refractivity contribution is -0.137. The molecule has 3 nitrogen and oxygen atoms in total. The van der Waals surface area contributed by atoms with Crippen molar-refractivity contribution in [2.45, 2.75) is 26.6 Å². The SMILES string of the molecule is CCN1CCN(Cc2nc(-c3ccc(C(F)(F)F)cc3)sc2C)CC1. The second-order valence-electron chi connectivity index (χ2n) is 6.31. The number of hydrogen-bond donors (Lipinski definition) is 0. The van der Waals surface area contributed by atoms with Gasteiger partial charge < -0.3 is 4.90 Å². The van der Waals surface area contributed by atoms with E-state index in [9.17, 15) is 13.2 Å². The van der Waals surface area contributed by atoms with Gasteiger partial charge in [-0.3, -0.25) is 4.90 Å². The molecule has 1 aromatic heterocycles. The summed E-state index contributed by atoms with van der Waals surface area (Å²) < 4.78 is 38.0. The van der Waals surface area contributed by atoms with Crippen molar-refractivity contribution in [2.75, 3.05) is 32.7 Å². The van der Waals surface area contributed by atoms with Crippen molar-refractivity contribution in [3.63, 3.8) is 0 Å². The third-order valence-corrected chi connectivity index (χ3v) is 5.70. The number of benzene rings is 1. The monoisotopic (exact) mass is 369 g/mol. The Hall–Kier alpha value is -1.44. The molecular weight excluding hydrogens is 347 g/mol. The number of thiazole rings is 1. The van der Waals surface area contributed by atoms with Gasteiger partial charge >= 0.3 is 6.18 Å². The summed E-state index contributed by atoms with van der Waals surface area (Å²) in [4.78, 5) is 10.6. The van der Waals surface area contributed by atoms with E-state index in [0.29, 0.717) is 0 Å². The van der Waals surface area contributed by atoms with Crippen LogP contribution in [-0.2, 0) is 12.7 Å². The smallest absolute Gasteiger partial charge is 0.301 e. The Kier molecular flexibility index (Phi) is 5.46. The van der Waals surface area contributed by atoms with Crippen molar-refractivity contribution < 1.29 is 13.2 Å². The number of aryl methyl sites for hydroxylation is 1. The van der Waals surface area contributed by atoms with Crippen molar-refractivity contribution in [1.29, 1.82) is 0 Å². The lowest BCUT2D eigenvalue weighted by Crippen LogP contribution is -2.45. The van der Waals surface area contributed by atoms with Crippen LogP contribution in [-0.4, -0.2) is 47.5 Å². The van der Waals surface area contributed by atoms with Crippen molar-refractivity contribution in [1.82, 2.24) is 14.8 Å². The van der Waals surface area contributed by atoms with Gasteiger partial charge in [-0.05, 0) is 25.6 Å². The Morgan fingerprint density at radius 1 is 1.04 bits per heavy atom. The number of likely N-dealkylation sites (N-methyl/N-ethyl adjacent to an activating group) is 1. The summed E-state index contributed by atoms with van der Waals surface area (Å²) in [6, 6.07) is 5.25. The van der Waals surface area contributed by atoms with Crippen molar-refractivity contribution in [3.8, 4) is 10.6 Å². The van der Waals surface area contributed by atoms with Crippen LogP contribution in [0, 0.1) is 6.92 Å². The van der Waals surface area contributed by atoms with Crippen LogP contribution in [0.4, 0.5) is 13.2 Å². The Balaban J connectivity index is 1.70. The maximum Gasteiger partial charge on any atom is 0.416 e. The molecule has 1 saturated heterocycles. The molecule has 0 spiro atoms. The Morgan fingerprint density at radius 3 is 2.20 bits per heavy atom. The molecule has 1 aliphatic rings. The van der Waals surface area contributed by atoms with Gasteiger partial charge in [0.25, 0.3) is 0 Å². The van der Waals surface area contributed by atoms with E-state index < -0.39 is 11.7 Å². The third-order valence-electron chi connectivity index (χ3n) is 4.64. The molecule has 25 heavy (non-hydrogen) atoms. The van der Waals surface area contributed by atoms with Gasteiger partial charge in [0.1, 0.15) is 5.01 Å². The zero-order valence-corrected chi connectivity index (χ0v) is 15.3. The number of alkyl halides is 3. The van der Waals surface area contributed by atoms with Gasteiger partial charge in [0.15, 0.2) is 0 Å². The minimum absolute atomic E-state index is 0.626. The molecule has 2 heterocycles. The first kappa shape index (κ1) is 18.4. The lowest BCUT2D eigenvalue weighted by Gasteiger charge is -2.33. The van der Waals surface area contributed by atoms with E-state index in [2.05, 4.69) is 21.7 Å². The maximum absolute atomic E-state index is 12.7. The Labute approximate surface area is 150 Å². The summed E-state index contributed by atoms with van der Waals surface area (Å²) in [6.07, 6.45) is -4.30. The third kappa shape index (κ3) is 4.40. The highest BCUT2D eigenvalue weighted by Crippen LogP contribution is 2.33. The molecule has 1 aliphatic heterocycles. The van der Waals surface area contributed by atoms with Gasteiger partial charge in [0.05, 0.1) is 11.3 Å². The van der Waals surface area contributed by atoms with Crippen molar-refractivity contribution in [3.05, 3.63) is 40.4 Å². The predicted molar refractivity (Wildman–Crippen MR) is 94.7 cm³/mol. The zero-order valence-electron chi connectivity index (χ0n) is 14.4. The molecule has 0 bridgehead atoms. The molecule has 0 amide bonds. The van der Waals surface area contributed by atoms with E-state index in [1.807, 2.05) is 6.92 Å². The second kappa shape index (κ2) is 7.43. The first-order valence-corrected chi connectivity index (χ1v) is 9.27. The summed E-state index contributed by atoms with van der Waals surface area (Å²) in [5.41, 5.74) is 1.14. The topological polar surface area (TPSA) is 19.4 Å². The van der Waals surface area contributed by atoms with E-state index >= 15 is 0 Å². The highest BCUT2D eigenvalue weighted by atomic mass is 32.1. The molecule has 1 fully saturated rings. The van der Waals surface area contributed by atoms with Crippen LogP contribution in [0.3, 0.4) is 0 Å². The zero-order chi connectivity index (χ0) is 18.0. The number of aromatic nitrogens is 1. The minimum Gasteiger partial charge on any atom is -0.301 e. The Morgan fingerprint density at radius 2 is 1.64 bits per heavy atom. The molecule has 1 aromatic carbocycles. The highest BCUT2D eigenvalue weighted by Gasteiger charge is 2.30. The summed E-state index contributed by atoms with van der Waals surface area (Å²) in [5, 5.41) is 0.786. The number of halogens is 3. The maximum atomic E-state index is 12.7. The lowest BCUT2D eigenvalue weighted by atomic mass is 10.1. The molecule has 0 N–H and O–H groups in total. The van der Waals surface area contributed by atoms with Gasteiger partial charge in [0, 0.05) is 43.2 Å². The fraction of sp³-hybridized carbons (Fsp3) is 0.500. The van der Waals surface area contributed by atoms with Crippen LogP contribution in [0.1, 0.15) is 23.1 Å². The van der Waals surface area contributed by atoms with Gasteiger partial charge in [-0.2, -0.15) is 13.2 Å². The molecule has 0 unspecified atom stereocenters.